The minimum atomic E-state index is -0.515. The topological polar surface area (TPSA) is 98.3 Å². The van der Waals surface area contributed by atoms with Crippen LogP contribution >= 0.6 is 11.3 Å². The Morgan fingerprint density at radius 3 is 2.44 bits per heavy atom. The Hall–Kier alpha value is -2.41. The van der Waals surface area contributed by atoms with Crippen molar-refractivity contribution >= 4 is 34.3 Å². The van der Waals surface area contributed by atoms with E-state index in [1.165, 1.54) is 35.6 Å². The number of hydrogen-bond donors (Lipinski definition) is 2. The molecule has 0 fully saturated rings. The van der Waals surface area contributed by atoms with Crippen LogP contribution in [-0.4, -0.2) is 10.8 Å². The Labute approximate surface area is 106 Å². The third kappa shape index (κ3) is 2.46. The number of nitro benzene ring substituents is 1. The van der Waals surface area contributed by atoms with Crippen LogP contribution in [0.2, 0.25) is 0 Å². The lowest BCUT2D eigenvalue weighted by atomic mass is 10.2. The molecule has 92 valence electrons. The van der Waals surface area contributed by atoms with Crippen LogP contribution in [0.25, 0.3) is 0 Å². The number of thiophene rings is 1. The highest BCUT2D eigenvalue weighted by Gasteiger charge is 2.11. The van der Waals surface area contributed by atoms with Gasteiger partial charge in [0.2, 0.25) is 0 Å². The van der Waals surface area contributed by atoms with Crippen LogP contribution in [0.5, 0.6) is 0 Å². The number of hydrogen-bond acceptors (Lipinski definition) is 5. The van der Waals surface area contributed by atoms with Gasteiger partial charge >= 0.3 is 0 Å². The molecular formula is C11H9N3O3S. The molecular weight excluding hydrogens is 254 g/mol. The zero-order valence-electron chi connectivity index (χ0n) is 9.12. The number of nitrogens with two attached hydrogens (primary N) is 1. The number of nitrogen functional groups attached to an aromatic ring is 1. The van der Waals surface area contributed by atoms with Crippen molar-refractivity contribution in [1.82, 2.24) is 0 Å². The molecule has 18 heavy (non-hydrogen) atoms. The maximum absolute atomic E-state index is 11.8. The molecule has 1 amide bonds. The average molecular weight is 263 g/mol. The number of amides is 1. The molecule has 0 radical (unpaired) electrons. The predicted molar refractivity (Wildman–Crippen MR) is 69.8 cm³/mol. The third-order valence-corrected chi connectivity index (χ3v) is 3.04. The number of carbonyl (C=O) groups excluding carboxylic acids is 1. The summed E-state index contributed by atoms with van der Waals surface area (Å²) in [6.07, 6.45) is 0. The van der Waals surface area contributed by atoms with Gasteiger partial charge in [-0.25, -0.2) is 0 Å². The summed E-state index contributed by atoms with van der Waals surface area (Å²) in [6, 6.07) is 5.36. The van der Waals surface area contributed by atoms with Gasteiger partial charge in [0.1, 0.15) is 0 Å². The molecule has 7 heteroatoms. The summed E-state index contributed by atoms with van der Waals surface area (Å²) in [5.41, 5.74) is 6.96. The highest BCUT2D eigenvalue weighted by Crippen LogP contribution is 2.23. The second-order valence-corrected chi connectivity index (χ2v) is 4.24. The van der Waals surface area contributed by atoms with E-state index in [-0.39, 0.29) is 11.6 Å². The van der Waals surface area contributed by atoms with E-state index in [2.05, 4.69) is 5.32 Å². The maximum atomic E-state index is 11.8. The van der Waals surface area contributed by atoms with Crippen LogP contribution < -0.4 is 11.1 Å². The molecule has 0 saturated heterocycles. The zero-order chi connectivity index (χ0) is 13.1. The quantitative estimate of drug-likeness (QED) is 0.656. The van der Waals surface area contributed by atoms with Crippen molar-refractivity contribution in [2.24, 2.45) is 0 Å². The smallest absolute Gasteiger partial charge is 0.269 e. The number of nitrogens with one attached hydrogen (secondary N) is 1. The Morgan fingerprint density at radius 2 is 1.94 bits per heavy atom. The van der Waals surface area contributed by atoms with Gasteiger partial charge in [0.05, 0.1) is 16.3 Å². The summed E-state index contributed by atoms with van der Waals surface area (Å²) in [5.74, 6) is -0.352. The number of rotatable bonds is 3. The first-order valence-corrected chi connectivity index (χ1v) is 5.89. The molecule has 0 aliphatic rings. The van der Waals surface area contributed by atoms with Crippen LogP contribution in [0.4, 0.5) is 17.1 Å². The van der Waals surface area contributed by atoms with E-state index < -0.39 is 4.92 Å². The number of carbonyl (C=O) groups is 1. The fraction of sp³-hybridized carbons (Fsp3) is 0. The molecule has 1 aromatic carbocycles. The van der Waals surface area contributed by atoms with E-state index >= 15 is 0 Å². The Balaban J connectivity index is 2.14. The molecule has 0 atom stereocenters. The Kier molecular flexibility index (Phi) is 3.24. The normalized spacial score (nSPS) is 10.0. The first-order chi connectivity index (χ1) is 8.58. The zero-order valence-corrected chi connectivity index (χ0v) is 9.94. The molecule has 0 bridgehead atoms. The minimum absolute atomic E-state index is 0.0541. The molecule has 0 saturated carbocycles. The average Bonchev–Trinajstić information content (AvgIpc) is 2.75. The van der Waals surface area contributed by atoms with Gasteiger partial charge in [0.15, 0.2) is 0 Å². The van der Waals surface area contributed by atoms with Gasteiger partial charge in [0.25, 0.3) is 11.6 Å². The van der Waals surface area contributed by atoms with Crippen LogP contribution in [0, 0.1) is 10.1 Å². The molecule has 0 unspecified atom stereocenters. The highest BCUT2D eigenvalue weighted by atomic mass is 32.1. The Morgan fingerprint density at radius 1 is 1.28 bits per heavy atom. The fourth-order valence-corrected chi connectivity index (χ4v) is 2.01. The molecule has 1 aromatic heterocycles. The molecule has 0 spiro atoms. The van der Waals surface area contributed by atoms with Crippen LogP contribution in [-0.2, 0) is 0 Å². The summed E-state index contributed by atoms with van der Waals surface area (Å²) < 4.78 is 0. The first kappa shape index (κ1) is 12.1. The van der Waals surface area contributed by atoms with E-state index in [0.717, 1.165) is 0 Å². The van der Waals surface area contributed by atoms with Gasteiger partial charge in [-0.05, 0) is 12.1 Å². The van der Waals surface area contributed by atoms with Crippen molar-refractivity contribution < 1.29 is 9.72 Å². The number of non-ortho nitro benzene ring substituents is 1. The van der Waals surface area contributed by atoms with Crippen LogP contribution in [0.15, 0.2) is 35.0 Å². The summed E-state index contributed by atoms with van der Waals surface area (Å²) in [7, 11) is 0. The van der Waals surface area contributed by atoms with Crippen molar-refractivity contribution in [3.8, 4) is 0 Å². The van der Waals surface area contributed by atoms with Crippen molar-refractivity contribution in [3.05, 3.63) is 50.7 Å². The molecule has 2 rings (SSSR count). The second-order valence-electron chi connectivity index (χ2n) is 3.50. The van der Waals surface area contributed by atoms with Gasteiger partial charge in [0, 0.05) is 28.5 Å². The first-order valence-electron chi connectivity index (χ1n) is 4.95. The molecule has 2 aromatic rings. The van der Waals surface area contributed by atoms with Crippen molar-refractivity contribution in [2.45, 2.75) is 0 Å². The van der Waals surface area contributed by atoms with E-state index in [9.17, 15) is 14.9 Å². The number of anilines is 2. The van der Waals surface area contributed by atoms with E-state index in [0.29, 0.717) is 16.9 Å². The SMILES string of the molecule is Nc1cscc1NC(=O)c1ccc([N+](=O)[O-])cc1. The van der Waals surface area contributed by atoms with Crippen molar-refractivity contribution in [2.75, 3.05) is 11.1 Å². The van der Waals surface area contributed by atoms with E-state index in [1.54, 1.807) is 10.8 Å². The summed E-state index contributed by atoms with van der Waals surface area (Å²) >= 11 is 1.38. The van der Waals surface area contributed by atoms with Crippen molar-refractivity contribution in [1.29, 1.82) is 0 Å². The van der Waals surface area contributed by atoms with E-state index in [4.69, 9.17) is 5.73 Å². The lowest BCUT2D eigenvalue weighted by Gasteiger charge is -2.03. The number of benzene rings is 1. The molecule has 0 aliphatic carbocycles. The number of nitrogens with zero attached hydrogens (tertiary/aromatic N) is 1. The Bertz CT molecular complexity index is 592. The minimum Gasteiger partial charge on any atom is -0.396 e. The standard InChI is InChI=1S/C11H9N3O3S/c12-9-5-18-6-10(9)13-11(15)7-1-3-8(4-2-7)14(16)17/h1-6H,12H2,(H,13,15). The molecule has 0 aliphatic heterocycles. The molecule has 3 N–H and O–H groups in total. The van der Waals surface area contributed by atoms with Crippen LogP contribution in [0.3, 0.4) is 0 Å². The lowest BCUT2D eigenvalue weighted by Crippen LogP contribution is -2.12. The lowest BCUT2D eigenvalue weighted by molar-refractivity contribution is -0.384. The van der Waals surface area contributed by atoms with Crippen molar-refractivity contribution in [3.63, 3.8) is 0 Å². The monoisotopic (exact) mass is 263 g/mol. The maximum Gasteiger partial charge on any atom is 0.269 e. The summed E-state index contributed by atoms with van der Waals surface area (Å²) in [6.45, 7) is 0. The predicted octanol–water partition coefficient (Wildman–Crippen LogP) is 2.49. The van der Waals surface area contributed by atoms with Gasteiger partial charge < -0.3 is 11.1 Å². The largest absolute Gasteiger partial charge is 0.396 e. The van der Waals surface area contributed by atoms with E-state index in [1.807, 2.05) is 0 Å². The van der Waals surface area contributed by atoms with Gasteiger partial charge in [-0.1, -0.05) is 0 Å². The van der Waals surface area contributed by atoms with Gasteiger partial charge in [-0.15, -0.1) is 11.3 Å². The second kappa shape index (κ2) is 4.84. The summed E-state index contributed by atoms with van der Waals surface area (Å²) in [4.78, 5) is 21.8. The fourth-order valence-electron chi connectivity index (χ4n) is 1.34. The van der Waals surface area contributed by atoms with Crippen LogP contribution in [0.1, 0.15) is 10.4 Å². The molecule has 1 heterocycles. The molecule has 6 nitrogen and oxygen atoms in total. The summed E-state index contributed by atoms with van der Waals surface area (Å²) in [5, 5.41) is 16.5. The third-order valence-electron chi connectivity index (χ3n) is 2.28. The van der Waals surface area contributed by atoms with Gasteiger partial charge in [-0.2, -0.15) is 0 Å². The highest BCUT2D eigenvalue weighted by molar-refractivity contribution is 7.09. The number of nitro groups is 1. The van der Waals surface area contributed by atoms with Gasteiger partial charge in [-0.3, -0.25) is 14.9 Å².